The highest BCUT2D eigenvalue weighted by molar-refractivity contribution is 6.15. The van der Waals surface area contributed by atoms with E-state index in [1.54, 1.807) is 0 Å². The van der Waals surface area contributed by atoms with Crippen molar-refractivity contribution >= 4 is 54.1 Å². The Morgan fingerprint density at radius 1 is 0.450 bits per heavy atom. The predicted octanol–water partition coefficient (Wildman–Crippen LogP) is 10.5. The van der Waals surface area contributed by atoms with Crippen molar-refractivity contribution in [2.75, 3.05) is 0 Å². The molecule has 8 aromatic rings. The number of rotatable bonds is 1. The minimum absolute atomic E-state index is 0.152. The number of para-hydroxylation sites is 1. The quantitative estimate of drug-likeness (QED) is 0.194. The molecule has 0 atom stereocenters. The van der Waals surface area contributed by atoms with Crippen molar-refractivity contribution in [3.8, 4) is 16.8 Å². The largest absolute Gasteiger partial charge is 0.309 e. The second-order valence-electron chi connectivity index (χ2n) is 11.8. The summed E-state index contributed by atoms with van der Waals surface area (Å²) in [5.74, 6) is 0. The van der Waals surface area contributed by atoms with Crippen LogP contribution < -0.4 is 0 Å². The van der Waals surface area contributed by atoms with Crippen LogP contribution in [0, 0.1) is 0 Å². The Morgan fingerprint density at radius 2 is 1.02 bits per heavy atom. The van der Waals surface area contributed by atoms with E-state index < -0.39 is 0 Å². The van der Waals surface area contributed by atoms with Gasteiger partial charge in [0.15, 0.2) is 0 Å². The van der Waals surface area contributed by atoms with E-state index in [0.717, 1.165) is 0 Å². The topological polar surface area (TPSA) is 4.93 Å². The van der Waals surface area contributed by atoms with Crippen molar-refractivity contribution < 1.29 is 0 Å². The molecule has 0 saturated carbocycles. The number of hydrogen-bond donors (Lipinski definition) is 0. The highest BCUT2D eigenvalue weighted by Crippen LogP contribution is 2.55. The van der Waals surface area contributed by atoms with E-state index in [9.17, 15) is 0 Å². The number of nitrogens with zero attached hydrogens (tertiary/aromatic N) is 1. The molecule has 40 heavy (non-hydrogen) atoms. The first-order chi connectivity index (χ1) is 19.6. The summed E-state index contributed by atoms with van der Waals surface area (Å²) in [6.45, 7) is 4.83. The zero-order valence-electron chi connectivity index (χ0n) is 22.6. The van der Waals surface area contributed by atoms with Crippen LogP contribution in [-0.4, -0.2) is 4.57 Å². The average Bonchev–Trinajstić information content (AvgIpc) is 3.45. The third-order valence-electron chi connectivity index (χ3n) is 9.29. The van der Waals surface area contributed by atoms with Crippen molar-refractivity contribution in [3.05, 3.63) is 139 Å². The van der Waals surface area contributed by atoms with Gasteiger partial charge in [-0.25, -0.2) is 0 Å². The molecule has 0 aliphatic heterocycles. The van der Waals surface area contributed by atoms with Gasteiger partial charge in [0.1, 0.15) is 0 Å². The Bertz CT molecular complexity index is 2350. The van der Waals surface area contributed by atoms with E-state index in [-0.39, 0.29) is 5.41 Å². The van der Waals surface area contributed by atoms with Gasteiger partial charge in [-0.15, -0.1) is 0 Å². The fourth-order valence-electron chi connectivity index (χ4n) is 7.61. The van der Waals surface area contributed by atoms with Crippen LogP contribution >= 0.6 is 0 Å². The van der Waals surface area contributed by atoms with E-state index >= 15 is 0 Å². The fraction of sp³-hybridized carbons (Fsp3) is 0.0769. The van der Waals surface area contributed by atoms with Gasteiger partial charge in [0.05, 0.1) is 11.0 Å². The van der Waals surface area contributed by atoms with Crippen LogP contribution in [0.4, 0.5) is 0 Å². The lowest BCUT2D eigenvalue weighted by molar-refractivity contribution is 0.670. The summed E-state index contributed by atoms with van der Waals surface area (Å²) < 4.78 is 2.53. The minimum Gasteiger partial charge on any atom is -0.309 e. The van der Waals surface area contributed by atoms with Gasteiger partial charge < -0.3 is 4.57 Å². The molecule has 1 aliphatic carbocycles. The highest BCUT2D eigenvalue weighted by Gasteiger charge is 2.39. The normalized spacial score (nSPS) is 13.9. The lowest BCUT2D eigenvalue weighted by Crippen LogP contribution is -2.17. The lowest BCUT2D eigenvalue weighted by Gasteiger charge is -2.25. The fourth-order valence-corrected chi connectivity index (χ4v) is 7.61. The highest BCUT2D eigenvalue weighted by atomic mass is 15.0. The summed E-state index contributed by atoms with van der Waals surface area (Å²) in [4.78, 5) is 0. The van der Waals surface area contributed by atoms with E-state index in [2.05, 4.69) is 146 Å². The average molecular weight is 510 g/mol. The van der Waals surface area contributed by atoms with Crippen molar-refractivity contribution in [1.29, 1.82) is 0 Å². The van der Waals surface area contributed by atoms with Crippen LogP contribution in [0.3, 0.4) is 0 Å². The molecule has 0 fully saturated rings. The number of hydrogen-bond acceptors (Lipinski definition) is 0. The summed E-state index contributed by atoms with van der Waals surface area (Å²) in [6, 6.07) is 47.3. The zero-order chi connectivity index (χ0) is 26.6. The molecule has 1 aliphatic rings. The molecule has 0 amide bonds. The Labute approximate surface area is 232 Å². The monoisotopic (exact) mass is 509 g/mol. The van der Waals surface area contributed by atoms with Gasteiger partial charge in [0.25, 0.3) is 0 Å². The third kappa shape index (κ3) is 2.72. The van der Waals surface area contributed by atoms with E-state index in [1.165, 1.54) is 82.1 Å². The molecule has 9 rings (SSSR count). The number of fused-ring (bicyclic) bond motifs is 12. The van der Waals surface area contributed by atoms with Crippen molar-refractivity contribution in [1.82, 2.24) is 4.57 Å². The number of benzene rings is 7. The summed E-state index contributed by atoms with van der Waals surface area (Å²) in [6.07, 6.45) is 0. The molecular weight excluding hydrogens is 482 g/mol. The Hall–Kier alpha value is -4.88. The van der Waals surface area contributed by atoms with E-state index in [4.69, 9.17) is 0 Å². The van der Waals surface area contributed by atoms with Gasteiger partial charge in [-0.1, -0.05) is 123 Å². The molecule has 0 N–H and O–H groups in total. The van der Waals surface area contributed by atoms with Crippen molar-refractivity contribution in [3.63, 3.8) is 0 Å². The first kappa shape index (κ1) is 22.0. The maximum absolute atomic E-state index is 2.53. The molecule has 188 valence electrons. The molecule has 0 unspecified atom stereocenters. The standard InChI is InChI=1S/C39H27N/c1-39(2)36-29-12-6-4-10-25(29)18-20-31(36)32-21-22-33-30-13-7-8-14-35(30)40(38(33)37(32)39)27-19-17-26-16-15-24-9-3-5-11-28(24)34(26)23-27/h3-23H,1-2H3. The van der Waals surface area contributed by atoms with Crippen LogP contribution in [0.1, 0.15) is 25.0 Å². The Balaban J connectivity index is 1.44. The minimum atomic E-state index is -0.152. The van der Waals surface area contributed by atoms with Gasteiger partial charge in [0.2, 0.25) is 0 Å². The van der Waals surface area contributed by atoms with Gasteiger partial charge in [-0.05, 0) is 72.8 Å². The van der Waals surface area contributed by atoms with Gasteiger partial charge in [0, 0.05) is 21.9 Å². The molecule has 0 saturated heterocycles. The summed E-state index contributed by atoms with van der Waals surface area (Å²) in [7, 11) is 0. The van der Waals surface area contributed by atoms with Crippen LogP contribution in [0.25, 0.3) is 70.9 Å². The van der Waals surface area contributed by atoms with Gasteiger partial charge >= 0.3 is 0 Å². The zero-order valence-corrected chi connectivity index (χ0v) is 22.6. The molecule has 0 radical (unpaired) electrons. The molecule has 7 aromatic carbocycles. The van der Waals surface area contributed by atoms with Crippen molar-refractivity contribution in [2.24, 2.45) is 0 Å². The van der Waals surface area contributed by atoms with Gasteiger partial charge in [-0.3, -0.25) is 0 Å². The molecule has 1 aromatic heterocycles. The van der Waals surface area contributed by atoms with Crippen LogP contribution in [0.2, 0.25) is 0 Å². The summed E-state index contributed by atoms with van der Waals surface area (Å²) >= 11 is 0. The third-order valence-corrected chi connectivity index (χ3v) is 9.29. The second-order valence-corrected chi connectivity index (χ2v) is 11.8. The molecule has 0 spiro atoms. The summed E-state index contributed by atoms with van der Waals surface area (Å²) in [5.41, 5.74) is 9.21. The molecule has 1 heteroatoms. The molecular formula is C39H27N. The van der Waals surface area contributed by atoms with Crippen LogP contribution in [0.15, 0.2) is 127 Å². The SMILES string of the molecule is CC1(C)c2c(ccc3ccccc23)-c2ccc3c4ccccc4n(-c4ccc5ccc6ccccc6c5c4)c3c21. The lowest BCUT2D eigenvalue weighted by atomic mass is 9.79. The predicted molar refractivity (Wildman–Crippen MR) is 171 cm³/mol. The van der Waals surface area contributed by atoms with Crippen molar-refractivity contribution in [2.45, 2.75) is 19.3 Å². The Kier molecular flexibility index (Phi) is 4.18. The first-order valence-electron chi connectivity index (χ1n) is 14.1. The maximum atomic E-state index is 2.53. The van der Waals surface area contributed by atoms with Crippen LogP contribution in [-0.2, 0) is 5.41 Å². The molecule has 1 heterocycles. The molecule has 0 bridgehead atoms. The van der Waals surface area contributed by atoms with E-state index in [0.29, 0.717) is 0 Å². The first-order valence-corrected chi connectivity index (χ1v) is 14.1. The van der Waals surface area contributed by atoms with Gasteiger partial charge in [-0.2, -0.15) is 0 Å². The maximum Gasteiger partial charge on any atom is 0.0588 e. The second kappa shape index (κ2) is 7.61. The smallest absolute Gasteiger partial charge is 0.0588 e. The van der Waals surface area contributed by atoms with E-state index in [1.807, 2.05) is 0 Å². The Morgan fingerprint density at radius 3 is 1.85 bits per heavy atom. The summed E-state index contributed by atoms with van der Waals surface area (Å²) in [5, 5.41) is 10.4. The number of aromatic nitrogens is 1. The van der Waals surface area contributed by atoms with Crippen LogP contribution in [0.5, 0.6) is 0 Å². The molecule has 1 nitrogen and oxygen atoms in total.